The summed E-state index contributed by atoms with van der Waals surface area (Å²) >= 11 is 0. The van der Waals surface area contributed by atoms with Gasteiger partial charge in [-0.2, -0.15) is 4.98 Å². The normalized spacial score (nSPS) is 10.3. The van der Waals surface area contributed by atoms with E-state index in [9.17, 15) is 4.79 Å². The number of hydrogen-bond acceptors (Lipinski definition) is 4. The molecule has 0 aliphatic rings. The number of nitrogens with two attached hydrogens (primary N) is 1. The molecule has 5 heteroatoms. The molecule has 12 heavy (non-hydrogen) atoms. The van der Waals surface area contributed by atoms with E-state index in [-0.39, 0.29) is 5.95 Å². The van der Waals surface area contributed by atoms with Crippen LogP contribution in [-0.2, 0) is 0 Å². The fourth-order valence-corrected chi connectivity index (χ4v) is 1.04. The van der Waals surface area contributed by atoms with Gasteiger partial charge < -0.3 is 10.7 Å². The maximum atomic E-state index is 10.5. The van der Waals surface area contributed by atoms with E-state index in [1.54, 1.807) is 6.20 Å². The second-order valence-corrected chi connectivity index (χ2v) is 2.35. The van der Waals surface area contributed by atoms with Gasteiger partial charge in [0.15, 0.2) is 6.29 Å². The Balaban J connectivity index is 2.81. The van der Waals surface area contributed by atoms with E-state index in [1.165, 1.54) is 6.20 Å². The molecule has 5 nitrogen and oxygen atoms in total. The van der Waals surface area contributed by atoms with E-state index >= 15 is 0 Å². The molecule has 0 saturated carbocycles. The van der Waals surface area contributed by atoms with Crippen molar-refractivity contribution >= 4 is 23.3 Å². The summed E-state index contributed by atoms with van der Waals surface area (Å²) in [6, 6.07) is 0. The monoisotopic (exact) mass is 162 g/mol. The molecule has 3 N–H and O–H groups in total. The Bertz CT molecular complexity index is 434. The number of fused-ring (bicyclic) bond motifs is 1. The van der Waals surface area contributed by atoms with Crippen LogP contribution < -0.4 is 5.73 Å². The number of aromatic amines is 1. The van der Waals surface area contributed by atoms with Crippen molar-refractivity contribution in [3.63, 3.8) is 0 Å². The molecule has 0 aromatic carbocycles. The zero-order chi connectivity index (χ0) is 8.55. The molecule has 0 aliphatic carbocycles. The van der Waals surface area contributed by atoms with Gasteiger partial charge in [0.25, 0.3) is 0 Å². The first-order valence-corrected chi connectivity index (χ1v) is 3.36. The number of H-pyrrole nitrogens is 1. The Labute approximate surface area is 67.6 Å². The molecule has 0 unspecified atom stereocenters. The molecular weight excluding hydrogens is 156 g/mol. The SMILES string of the molecule is Nc1ncc2c(C=O)c[nH]c2n1. The molecule has 0 spiro atoms. The molecule has 2 aromatic heterocycles. The summed E-state index contributed by atoms with van der Waals surface area (Å²) in [5.74, 6) is 0.196. The van der Waals surface area contributed by atoms with Gasteiger partial charge in [0.05, 0.1) is 0 Å². The number of aromatic nitrogens is 3. The van der Waals surface area contributed by atoms with Crippen molar-refractivity contribution in [2.45, 2.75) is 0 Å². The number of nitrogens with one attached hydrogen (secondary N) is 1. The maximum absolute atomic E-state index is 10.5. The molecule has 60 valence electrons. The third-order valence-corrected chi connectivity index (χ3v) is 1.61. The Morgan fingerprint density at radius 1 is 1.58 bits per heavy atom. The maximum Gasteiger partial charge on any atom is 0.221 e. The topological polar surface area (TPSA) is 84.7 Å². The van der Waals surface area contributed by atoms with Crippen LogP contribution in [0.5, 0.6) is 0 Å². The molecule has 0 fully saturated rings. The van der Waals surface area contributed by atoms with Crippen molar-refractivity contribution in [2.75, 3.05) is 5.73 Å². The van der Waals surface area contributed by atoms with Crippen LogP contribution in [0.3, 0.4) is 0 Å². The summed E-state index contributed by atoms with van der Waals surface area (Å²) in [6.45, 7) is 0. The van der Waals surface area contributed by atoms with Crippen molar-refractivity contribution in [3.05, 3.63) is 18.0 Å². The lowest BCUT2D eigenvalue weighted by Crippen LogP contribution is -1.93. The summed E-state index contributed by atoms with van der Waals surface area (Å²) < 4.78 is 0. The quantitative estimate of drug-likeness (QED) is 0.592. The van der Waals surface area contributed by atoms with Crippen LogP contribution in [0.25, 0.3) is 11.0 Å². The van der Waals surface area contributed by atoms with Crippen LogP contribution in [0, 0.1) is 0 Å². The molecular formula is C7H6N4O. The van der Waals surface area contributed by atoms with Crippen LogP contribution >= 0.6 is 0 Å². The summed E-state index contributed by atoms with van der Waals surface area (Å²) in [6.07, 6.45) is 3.85. The Kier molecular flexibility index (Phi) is 1.30. The summed E-state index contributed by atoms with van der Waals surface area (Å²) in [5, 5.41) is 0.694. The van der Waals surface area contributed by atoms with Gasteiger partial charge in [0, 0.05) is 23.3 Å². The second-order valence-electron chi connectivity index (χ2n) is 2.35. The highest BCUT2D eigenvalue weighted by Gasteiger charge is 2.03. The van der Waals surface area contributed by atoms with Crippen molar-refractivity contribution in [2.24, 2.45) is 0 Å². The van der Waals surface area contributed by atoms with E-state index in [1.807, 2.05) is 0 Å². The number of aldehydes is 1. The lowest BCUT2D eigenvalue weighted by atomic mass is 10.3. The number of carbonyl (C=O) groups is 1. The Morgan fingerprint density at radius 2 is 2.42 bits per heavy atom. The average Bonchev–Trinajstić information content (AvgIpc) is 2.46. The molecule has 2 rings (SSSR count). The van der Waals surface area contributed by atoms with E-state index in [0.29, 0.717) is 16.6 Å². The minimum atomic E-state index is 0.196. The highest BCUT2D eigenvalue weighted by molar-refractivity contribution is 5.95. The first-order chi connectivity index (χ1) is 5.81. The number of nitrogen functional groups attached to an aromatic ring is 1. The standard InChI is InChI=1S/C7H6N4O/c8-7-10-2-5-4(3-12)1-9-6(5)11-7/h1-3H,(H3,8,9,10,11). The van der Waals surface area contributed by atoms with Gasteiger partial charge >= 0.3 is 0 Å². The first-order valence-electron chi connectivity index (χ1n) is 3.36. The molecule has 0 aliphatic heterocycles. The van der Waals surface area contributed by atoms with E-state index in [2.05, 4.69) is 15.0 Å². The lowest BCUT2D eigenvalue weighted by molar-refractivity contribution is 0.112. The van der Waals surface area contributed by atoms with Crippen molar-refractivity contribution < 1.29 is 4.79 Å². The van der Waals surface area contributed by atoms with Gasteiger partial charge in [-0.1, -0.05) is 0 Å². The van der Waals surface area contributed by atoms with Crippen LogP contribution in [-0.4, -0.2) is 21.2 Å². The first kappa shape index (κ1) is 6.78. The molecule has 0 atom stereocenters. The zero-order valence-electron chi connectivity index (χ0n) is 6.11. The number of nitrogens with zero attached hydrogens (tertiary/aromatic N) is 2. The fourth-order valence-electron chi connectivity index (χ4n) is 1.04. The third kappa shape index (κ3) is 0.833. The van der Waals surface area contributed by atoms with E-state index < -0.39 is 0 Å². The van der Waals surface area contributed by atoms with Crippen LogP contribution in [0.4, 0.5) is 5.95 Å². The number of anilines is 1. The number of rotatable bonds is 1. The van der Waals surface area contributed by atoms with Gasteiger partial charge in [-0.05, 0) is 0 Å². The summed E-state index contributed by atoms with van der Waals surface area (Å²) in [4.78, 5) is 20.9. The highest BCUT2D eigenvalue weighted by Crippen LogP contribution is 2.13. The van der Waals surface area contributed by atoms with Gasteiger partial charge in [0.2, 0.25) is 5.95 Å². The van der Waals surface area contributed by atoms with Crippen molar-refractivity contribution in [1.82, 2.24) is 15.0 Å². The molecule has 2 aromatic rings. The van der Waals surface area contributed by atoms with E-state index in [4.69, 9.17) is 5.73 Å². The van der Waals surface area contributed by atoms with E-state index in [0.717, 1.165) is 6.29 Å². The van der Waals surface area contributed by atoms with Gasteiger partial charge in [-0.15, -0.1) is 0 Å². The highest BCUT2D eigenvalue weighted by atomic mass is 16.1. The fraction of sp³-hybridized carbons (Fsp3) is 0. The van der Waals surface area contributed by atoms with Crippen LogP contribution in [0.2, 0.25) is 0 Å². The Hall–Kier alpha value is -1.91. The summed E-state index contributed by atoms with van der Waals surface area (Å²) in [5.41, 5.74) is 6.48. The zero-order valence-corrected chi connectivity index (χ0v) is 6.11. The van der Waals surface area contributed by atoms with Gasteiger partial charge in [0.1, 0.15) is 5.65 Å². The molecule has 0 bridgehead atoms. The van der Waals surface area contributed by atoms with Gasteiger partial charge in [-0.25, -0.2) is 4.98 Å². The largest absolute Gasteiger partial charge is 0.368 e. The molecule has 0 radical (unpaired) electrons. The van der Waals surface area contributed by atoms with Crippen molar-refractivity contribution in [3.8, 4) is 0 Å². The van der Waals surface area contributed by atoms with Crippen molar-refractivity contribution in [1.29, 1.82) is 0 Å². The predicted octanol–water partition coefficient (Wildman–Crippen LogP) is 0.353. The Morgan fingerprint density at radius 3 is 3.17 bits per heavy atom. The number of hydrogen-bond donors (Lipinski definition) is 2. The van der Waals surface area contributed by atoms with Gasteiger partial charge in [-0.3, -0.25) is 4.79 Å². The smallest absolute Gasteiger partial charge is 0.221 e. The number of carbonyl (C=O) groups excluding carboxylic acids is 1. The third-order valence-electron chi connectivity index (χ3n) is 1.61. The molecule has 0 amide bonds. The minimum Gasteiger partial charge on any atom is -0.368 e. The second kappa shape index (κ2) is 2.30. The average molecular weight is 162 g/mol. The van der Waals surface area contributed by atoms with Crippen LogP contribution in [0.15, 0.2) is 12.4 Å². The predicted molar refractivity (Wildman–Crippen MR) is 43.7 cm³/mol. The lowest BCUT2D eigenvalue weighted by Gasteiger charge is -1.90. The summed E-state index contributed by atoms with van der Waals surface area (Å²) in [7, 11) is 0. The minimum absolute atomic E-state index is 0.196. The van der Waals surface area contributed by atoms with Crippen LogP contribution in [0.1, 0.15) is 10.4 Å². The molecule has 0 saturated heterocycles. The molecule has 2 heterocycles.